The highest BCUT2D eigenvalue weighted by Gasteiger charge is 2.17. The van der Waals surface area contributed by atoms with E-state index in [1.807, 2.05) is 12.1 Å². The average molecular weight is 346 g/mol. The van der Waals surface area contributed by atoms with Gasteiger partial charge in [0.05, 0.1) is 0 Å². The number of benzene rings is 2. The van der Waals surface area contributed by atoms with Crippen molar-refractivity contribution >= 4 is 10.9 Å². The second kappa shape index (κ2) is 7.79. The van der Waals surface area contributed by atoms with Gasteiger partial charge in [0.2, 0.25) is 0 Å². The first kappa shape index (κ1) is 16.9. The van der Waals surface area contributed by atoms with Gasteiger partial charge in [-0.25, -0.2) is 0 Å². The number of hydrogen-bond acceptors (Lipinski definition) is 2. The molecule has 3 aromatic rings. The number of phenols is 1. The van der Waals surface area contributed by atoms with E-state index in [0.717, 1.165) is 26.1 Å². The molecular formula is C23H26N2O. The Hall–Kier alpha value is -2.52. The van der Waals surface area contributed by atoms with Crippen LogP contribution in [0.25, 0.3) is 10.9 Å². The Morgan fingerprint density at radius 1 is 1.08 bits per heavy atom. The Balaban J connectivity index is 1.28. The number of phenolic OH excluding ortho intramolecular Hbond substituents is 1. The minimum atomic E-state index is 0.353. The third-order valence-electron chi connectivity index (χ3n) is 5.33. The number of H-pyrrole nitrogens is 1. The van der Waals surface area contributed by atoms with Crippen LogP contribution in [0.5, 0.6) is 5.75 Å². The number of unbranched alkanes of at least 4 members (excludes halogenated alkanes) is 1. The van der Waals surface area contributed by atoms with Crippen molar-refractivity contribution in [2.75, 3.05) is 19.6 Å². The van der Waals surface area contributed by atoms with Crippen molar-refractivity contribution in [3.05, 3.63) is 78.0 Å². The molecule has 0 bridgehead atoms. The van der Waals surface area contributed by atoms with Gasteiger partial charge in [0, 0.05) is 36.1 Å². The molecule has 0 aliphatic carbocycles. The fourth-order valence-corrected chi connectivity index (χ4v) is 3.93. The highest BCUT2D eigenvalue weighted by molar-refractivity contribution is 5.82. The Morgan fingerprint density at radius 2 is 2.00 bits per heavy atom. The first-order valence-electron chi connectivity index (χ1n) is 9.52. The molecule has 1 atom stereocenters. The number of aromatic nitrogens is 1. The summed E-state index contributed by atoms with van der Waals surface area (Å²) in [5, 5.41) is 11.1. The topological polar surface area (TPSA) is 39.3 Å². The first-order valence-corrected chi connectivity index (χ1v) is 9.52. The van der Waals surface area contributed by atoms with E-state index in [0.29, 0.717) is 11.7 Å². The lowest BCUT2D eigenvalue weighted by Crippen LogP contribution is -2.32. The summed E-state index contributed by atoms with van der Waals surface area (Å²) in [5.74, 6) is 0.733. The Kier molecular flexibility index (Phi) is 5.07. The monoisotopic (exact) mass is 346 g/mol. The lowest BCUT2D eigenvalue weighted by molar-refractivity contribution is 0.278. The van der Waals surface area contributed by atoms with Crippen LogP contribution in [0.4, 0.5) is 0 Å². The summed E-state index contributed by atoms with van der Waals surface area (Å²) < 4.78 is 0. The smallest absolute Gasteiger partial charge is 0.115 e. The zero-order valence-electron chi connectivity index (χ0n) is 15.1. The van der Waals surface area contributed by atoms with Gasteiger partial charge in [-0.3, -0.25) is 4.90 Å². The summed E-state index contributed by atoms with van der Waals surface area (Å²) in [7, 11) is 0. The quantitative estimate of drug-likeness (QED) is 0.495. The Morgan fingerprint density at radius 3 is 2.92 bits per heavy atom. The molecule has 134 valence electrons. The minimum absolute atomic E-state index is 0.353. The lowest BCUT2D eigenvalue weighted by Gasteiger charge is -2.29. The molecule has 4 rings (SSSR count). The van der Waals surface area contributed by atoms with E-state index < -0.39 is 0 Å². The molecular weight excluding hydrogens is 320 g/mol. The molecule has 2 heterocycles. The number of aromatic hydroxyl groups is 1. The van der Waals surface area contributed by atoms with Crippen LogP contribution in [0.1, 0.15) is 29.9 Å². The SMILES string of the molecule is Oc1cccc(C2C=CCN(CCCCc3c[nH]c4ccccc34)C2)c1. The van der Waals surface area contributed by atoms with Gasteiger partial charge in [-0.1, -0.05) is 42.5 Å². The predicted octanol–water partition coefficient (Wildman–Crippen LogP) is 4.85. The molecule has 1 aromatic heterocycles. The van der Waals surface area contributed by atoms with Crippen LogP contribution in [0, 0.1) is 0 Å². The molecule has 0 radical (unpaired) electrons. The van der Waals surface area contributed by atoms with Crippen LogP contribution >= 0.6 is 0 Å². The van der Waals surface area contributed by atoms with E-state index in [9.17, 15) is 5.11 Å². The molecule has 1 unspecified atom stereocenters. The average Bonchev–Trinajstić information content (AvgIpc) is 3.09. The standard InChI is InChI=1S/C23H26N2O/c26-21-10-5-8-18(15-21)20-9-6-14-25(17-20)13-4-3-7-19-16-24-23-12-2-1-11-22(19)23/h1-2,5-6,8-12,15-16,20,24,26H,3-4,7,13-14,17H2. The van der Waals surface area contributed by atoms with E-state index >= 15 is 0 Å². The number of nitrogens with zero attached hydrogens (tertiary/aromatic N) is 1. The molecule has 0 saturated carbocycles. The Bertz CT molecular complexity index is 896. The Labute approximate surface area is 155 Å². The molecule has 0 spiro atoms. The predicted molar refractivity (Wildman–Crippen MR) is 108 cm³/mol. The van der Waals surface area contributed by atoms with Crippen molar-refractivity contribution in [1.29, 1.82) is 0 Å². The molecule has 1 aliphatic rings. The largest absolute Gasteiger partial charge is 0.508 e. The summed E-state index contributed by atoms with van der Waals surface area (Å²) in [6.45, 7) is 3.19. The van der Waals surface area contributed by atoms with Crippen molar-refractivity contribution < 1.29 is 5.11 Å². The number of fused-ring (bicyclic) bond motifs is 1. The van der Waals surface area contributed by atoms with Gasteiger partial charge < -0.3 is 10.1 Å². The maximum atomic E-state index is 9.71. The van der Waals surface area contributed by atoms with Gasteiger partial charge in [-0.15, -0.1) is 0 Å². The van der Waals surface area contributed by atoms with Crippen molar-refractivity contribution in [3.8, 4) is 5.75 Å². The van der Waals surface area contributed by atoms with E-state index in [4.69, 9.17) is 0 Å². The van der Waals surface area contributed by atoms with Gasteiger partial charge >= 0.3 is 0 Å². The van der Waals surface area contributed by atoms with Crippen LogP contribution in [-0.4, -0.2) is 34.6 Å². The molecule has 2 N–H and O–H groups in total. The lowest BCUT2D eigenvalue weighted by atomic mass is 9.95. The number of para-hydroxylation sites is 1. The molecule has 0 saturated heterocycles. The summed E-state index contributed by atoms with van der Waals surface area (Å²) in [6, 6.07) is 16.2. The van der Waals surface area contributed by atoms with E-state index in [2.05, 4.69) is 58.6 Å². The van der Waals surface area contributed by atoms with E-state index in [1.54, 1.807) is 6.07 Å². The van der Waals surface area contributed by atoms with Gasteiger partial charge in [0.25, 0.3) is 0 Å². The van der Waals surface area contributed by atoms with Crippen molar-refractivity contribution in [3.63, 3.8) is 0 Å². The third-order valence-corrected chi connectivity index (χ3v) is 5.33. The van der Waals surface area contributed by atoms with Gasteiger partial charge in [-0.05, 0) is 55.1 Å². The summed E-state index contributed by atoms with van der Waals surface area (Å²) in [5.41, 5.74) is 3.86. The summed E-state index contributed by atoms with van der Waals surface area (Å²) >= 11 is 0. The highest BCUT2D eigenvalue weighted by atomic mass is 16.3. The summed E-state index contributed by atoms with van der Waals surface area (Å²) in [6.07, 6.45) is 10.2. The maximum Gasteiger partial charge on any atom is 0.115 e. The third kappa shape index (κ3) is 3.83. The molecule has 1 aliphatic heterocycles. The molecule has 0 amide bonds. The maximum absolute atomic E-state index is 9.71. The minimum Gasteiger partial charge on any atom is -0.508 e. The van der Waals surface area contributed by atoms with E-state index in [1.165, 1.54) is 34.9 Å². The number of aryl methyl sites for hydroxylation is 1. The van der Waals surface area contributed by atoms with Crippen LogP contribution in [0.3, 0.4) is 0 Å². The number of nitrogens with one attached hydrogen (secondary N) is 1. The molecule has 3 heteroatoms. The van der Waals surface area contributed by atoms with Crippen LogP contribution in [0.15, 0.2) is 66.9 Å². The number of hydrogen-bond donors (Lipinski definition) is 2. The molecule has 0 fully saturated rings. The normalized spacial score (nSPS) is 17.8. The number of rotatable bonds is 6. The van der Waals surface area contributed by atoms with Gasteiger partial charge in [-0.2, -0.15) is 0 Å². The number of aromatic amines is 1. The fourth-order valence-electron chi connectivity index (χ4n) is 3.93. The van der Waals surface area contributed by atoms with Crippen LogP contribution < -0.4 is 0 Å². The van der Waals surface area contributed by atoms with Gasteiger partial charge in [0.1, 0.15) is 5.75 Å². The van der Waals surface area contributed by atoms with Crippen LogP contribution in [-0.2, 0) is 6.42 Å². The fraction of sp³-hybridized carbons (Fsp3) is 0.304. The molecule has 3 nitrogen and oxygen atoms in total. The second-order valence-corrected chi connectivity index (χ2v) is 7.21. The van der Waals surface area contributed by atoms with Crippen molar-refractivity contribution in [2.45, 2.75) is 25.2 Å². The summed E-state index contributed by atoms with van der Waals surface area (Å²) in [4.78, 5) is 5.88. The first-order chi connectivity index (χ1) is 12.8. The zero-order valence-corrected chi connectivity index (χ0v) is 15.1. The highest BCUT2D eigenvalue weighted by Crippen LogP contribution is 2.25. The van der Waals surface area contributed by atoms with E-state index in [-0.39, 0.29) is 0 Å². The van der Waals surface area contributed by atoms with Crippen molar-refractivity contribution in [2.24, 2.45) is 0 Å². The van der Waals surface area contributed by atoms with Crippen LogP contribution in [0.2, 0.25) is 0 Å². The zero-order chi connectivity index (χ0) is 17.8. The molecule has 26 heavy (non-hydrogen) atoms. The van der Waals surface area contributed by atoms with Gasteiger partial charge in [0.15, 0.2) is 0 Å². The van der Waals surface area contributed by atoms with Crippen molar-refractivity contribution in [1.82, 2.24) is 9.88 Å². The molecule has 2 aromatic carbocycles. The second-order valence-electron chi connectivity index (χ2n) is 7.21.